The highest BCUT2D eigenvalue weighted by atomic mass is 16.2. The predicted molar refractivity (Wildman–Crippen MR) is 94.3 cm³/mol. The highest BCUT2D eigenvalue weighted by molar-refractivity contribution is 5.81. The molecule has 1 atom stereocenters. The number of nitrogens with two attached hydrogens (primary N) is 2. The van der Waals surface area contributed by atoms with Crippen LogP contribution in [0.15, 0.2) is 29.8 Å². The summed E-state index contributed by atoms with van der Waals surface area (Å²) in [5, 5.41) is 6.11. The first-order chi connectivity index (χ1) is 11.2. The van der Waals surface area contributed by atoms with E-state index in [0.717, 1.165) is 43.5 Å². The van der Waals surface area contributed by atoms with E-state index in [9.17, 15) is 4.79 Å². The van der Waals surface area contributed by atoms with Crippen LogP contribution in [0.25, 0.3) is 5.70 Å². The molecule has 7 N–H and O–H groups in total. The maximum atomic E-state index is 11.4. The number of hydrogen-bond acceptors (Lipinski definition) is 5. The van der Waals surface area contributed by atoms with Crippen LogP contribution < -0.4 is 27.6 Å². The number of amides is 1. The number of rotatable bonds is 9. The molecule has 1 saturated carbocycles. The van der Waals surface area contributed by atoms with Crippen molar-refractivity contribution in [3.63, 3.8) is 0 Å². The van der Waals surface area contributed by atoms with E-state index < -0.39 is 6.04 Å². The molecule has 126 valence electrons. The van der Waals surface area contributed by atoms with Gasteiger partial charge in [-0.1, -0.05) is 12.1 Å². The monoisotopic (exact) mass is 317 g/mol. The second-order valence-corrected chi connectivity index (χ2v) is 5.85. The summed E-state index contributed by atoms with van der Waals surface area (Å²) in [7, 11) is 1.61. The number of hydrazine groups is 1. The van der Waals surface area contributed by atoms with Crippen LogP contribution in [0, 0.1) is 0 Å². The second kappa shape index (κ2) is 8.55. The Bertz CT molecular complexity index is 564. The molecule has 6 nitrogen and oxygen atoms in total. The first-order valence-electron chi connectivity index (χ1n) is 8.16. The van der Waals surface area contributed by atoms with Crippen LogP contribution in [0.2, 0.25) is 0 Å². The molecule has 1 amide bonds. The molecule has 23 heavy (non-hydrogen) atoms. The SMILES string of the molecule is CNC(=O)C(N)CCCCNC(=C1CC1)c1cccc(NN)c1. The van der Waals surface area contributed by atoms with Crippen molar-refractivity contribution in [2.45, 2.75) is 38.1 Å². The van der Waals surface area contributed by atoms with Gasteiger partial charge in [0.25, 0.3) is 0 Å². The smallest absolute Gasteiger partial charge is 0.236 e. The zero-order chi connectivity index (χ0) is 16.7. The fraction of sp³-hybridized carbons (Fsp3) is 0.471. The molecule has 0 aliphatic heterocycles. The minimum Gasteiger partial charge on any atom is -0.385 e. The Hall–Kier alpha value is -2.05. The molecule has 0 saturated heterocycles. The minimum absolute atomic E-state index is 0.0927. The van der Waals surface area contributed by atoms with Crippen molar-refractivity contribution in [2.24, 2.45) is 11.6 Å². The fourth-order valence-electron chi connectivity index (χ4n) is 2.53. The summed E-state index contributed by atoms with van der Waals surface area (Å²) in [4.78, 5) is 11.4. The summed E-state index contributed by atoms with van der Waals surface area (Å²) in [5.41, 5.74) is 13.2. The zero-order valence-electron chi connectivity index (χ0n) is 13.7. The molecule has 1 aromatic rings. The maximum Gasteiger partial charge on any atom is 0.236 e. The lowest BCUT2D eigenvalue weighted by atomic mass is 10.1. The van der Waals surface area contributed by atoms with Crippen LogP contribution >= 0.6 is 0 Å². The van der Waals surface area contributed by atoms with E-state index in [1.807, 2.05) is 12.1 Å². The topological polar surface area (TPSA) is 105 Å². The molecule has 0 spiro atoms. The van der Waals surface area contributed by atoms with Gasteiger partial charge in [-0.2, -0.15) is 0 Å². The van der Waals surface area contributed by atoms with Gasteiger partial charge < -0.3 is 21.8 Å². The average molecular weight is 317 g/mol. The summed E-state index contributed by atoms with van der Waals surface area (Å²) in [6.07, 6.45) is 4.93. The number of anilines is 1. The number of nitrogens with one attached hydrogen (secondary N) is 3. The van der Waals surface area contributed by atoms with Crippen molar-refractivity contribution in [1.82, 2.24) is 10.6 Å². The summed E-state index contributed by atoms with van der Waals surface area (Å²) in [6.45, 7) is 0.875. The van der Waals surface area contributed by atoms with Crippen LogP contribution in [-0.4, -0.2) is 25.5 Å². The van der Waals surface area contributed by atoms with E-state index >= 15 is 0 Å². The quantitative estimate of drug-likeness (QED) is 0.268. The van der Waals surface area contributed by atoms with Crippen LogP contribution in [0.5, 0.6) is 0 Å². The van der Waals surface area contributed by atoms with Crippen molar-refractivity contribution < 1.29 is 4.79 Å². The average Bonchev–Trinajstić information content (AvgIpc) is 3.41. The van der Waals surface area contributed by atoms with E-state index in [-0.39, 0.29) is 5.91 Å². The number of unbranched alkanes of at least 4 members (excludes halogenated alkanes) is 1. The molecule has 1 fully saturated rings. The van der Waals surface area contributed by atoms with Crippen molar-refractivity contribution >= 4 is 17.3 Å². The molecule has 1 aromatic carbocycles. The highest BCUT2D eigenvalue weighted by Crippen LogP contribution is 2.35. The molecule has 0 bridgehead atoms. The number of benzene rings is 1. The van der Waals surface area contributed by atoms with Crippen molar-refractivity contribution in [3.8, 4) is 0 Å². The van der Waals surface area contributed by atoms with Crippen LogP contribution in [0.3, 0.4) is 0 Å². The first-order valence-corrected chi connectivity index (χ1v) is 8.16. The van der Waals surface area contributed by atoms with Gasteiger partial charge in [-0.25, -0.2) is 0 Å². The maximum absolute atomic E-state index is 11.4. The van der Waals surface area contributed by atoms with Gasteiger partial charge in [0.2, 0.25) is 5.91 Å². The molecule has 0 aromatic heterocycles. The van der Waals surface area contributed by atoms with E-state index in [0.29, 0.717) is 6.42 Å². The Labute approximate surface area is 137 Å². The second-order valence-electron chi connectivity index (χ2n) is 5.85. The summed E-state index contributed by atoms with van der Waals surface area (Å²) in [6, 6.07) is 7.68. The number of likely N-dealkylation sites (N-methyl/N-ethyl adjacent to an activating group) is 1. The lowest BCUT2D eigenvalue weighted by Gasteiger charge is -2.13. The van der Waals surface area contributed by atoms with E-state index in [1.165, 1.54) is 11.3 Å². The predicted octanol–water partition coefficient (Wildman–Crippen LogP) is 1.31. The first kappa shape index (κ1) is 17.3. The van der Waals surface area contributed by atoms with Gasteiger partial charge in [0.15, 0.2) is 0 Å². The normalized spacial score (nSPS) is 14.1. The van der Waals surface area contributed by atoms with E-state index in [2.05, 4.69) is 28.2 Å². The standard InChI is InChI=1S/C17H27N5O/c1-20-17(23)15(18)7-2-3-10-21-16(12-8-9-12)13-5-4-6-14(11-13)22-19/h4-6,11,15,21-22H,2-3,7-10,18-19H2,1H3,(H,20,23). The number of allylic oxidation sites excluding steroid dienone is 1. The van der Waals surface area contributed by atoms with Crippen molar-refractivity contribution in [1.29, 1.82) is 0 Å². The lowest BCUT2D eigenvalue weighted by molar-refractivity contribution is -0.122. The Morgan fingerprint density at radius 3 is 2.74 bits per heavy atom. The molecular formula is C17H27N5O. The minimum atomic E-state index is -0.409. The Balaban J connectivity index is 1.81. The summed E-state index contributed by atoms with van der Waals surface area (Å²) in [5.74, 6) is 5.39. The van der Waals surface area contributed by atoms with Crippen molar-refractivity contribution in [2.75, 3.05) is 19.0 Å². The molecule has 1 aliphatic carbocycles. The summed E-state index contributed by atoms with van der Waals surface area (Å²) < 4.78 is 0. The lowest BCUT2D eigenvalue weighted by Crippen LogP contribution is -2.38. The number of carbonyl (C=O) groups excluding carboxylic acids is 1. The third kappa shape index (κ3) is 5.26. The van der Waals surface area contributed by atoms with Crippen LogP contribution in [0.4, 0.5) is 5.69 Å². The molecule has 1 unspecified atom stereocenters. The van der Waals surface area contributed by atoms with E-state index in [4.69, 9.17) is 11.6 Å². The van der Waals surface area contributed by atoms with Crippen LogP contribution in [0.1, 0.15) is 37.7 Å². The highest BCUT2D eigenvalue weighted by Gasteiger charge is 2.19. The van der Waals surface area contributed by atoms with Crippen LogP contribution in [-0.2, 0) is 4.79 Å². The zero-order valence-corrected chi connectivity index (χ0v) is 13.7. The summed E-state index contributed by atoms with van der Waals surface area (Å²) >= 11 is 0. The van der Waals surface area contributed by atoms with Crippen molar-refractivity contribution in [3.05, 3.63) is 35.4 Å². The van der Waals surface area contributed by atoms with Gasteiger partial charge in [0.05, 0.1) is 6.04 Å². The largest absolute Gasteiger partial charge is 0.385 e. The molecule has 2 rings (SSSR count). The number of carbonyl (C=O) groups is 1. The molecule has 0 radical (unpaired) electrons. The van der Waals surface area contributed by atoms with Gasteiger partial charge in [0, 0.05) is 25.0 Å². The molecule has 1 aliphatic rings. The van der Waals surface area contributed by atoms with Gasteiger partial charge in [0.1, 0.15) is 0 Å². The number of nitrogen functional groups attached to an aromatic ring is 1. The molecular weight excluding hydrogens is 290 g/mol. The fourth-order valence-corrected chi connectivity index (χ4v) is 2.53. The van der Waals surface area contributed by atoms with Gasteiger partial charge in [-0.15, -0.1) is 0 Å². The molecule has 0 heterocycles. The Morgan fingerprint density at radius 1 is 1.30 bits per heavy atom. The van der Waals surface area contributed by atoms with Gasteiger partial charge >= 0.3 is 0 Å². The Kier molecular flexibility index (Phi) is 6.43. The third-order valence-electron chi connectivity index (χ3n) is 4.00. The third-order valence-corrected chi connectivity index (χ3v) is 4.00. The van der Waals surface area contributed by atoms with Gasteiger partial charge in [-0.3, -0.25) is 10.6 Å². The Morgan fingerprint density at radius 2 is 2.09 bits per heavy atom. The van der Waals surface area contributed by atoms with Gasteiger partial charge in [-0.05, 0) is 55.4 Å². The molecule has 6 heteroatoms. The van der Waals surface area contributed by atoms with E-state index in [1.54, 1.807) is 7.05 Å². The number of hydrogen-bond donors (Lipinski definition) is 5.